The summed E-state index contributed by atoms with van der Waals surface area (Å²) in [7, 11) is 1.57. The lowest BCUT2D eigenvalue weighted by molar-refractivity contribution is -0.964. The maximum Gasteiger partial charge on any atom is 0.415 e. The van der Waals surface area contributed by atoms with Crippen molar-refractivity contribution in [3.63, 3.8) is 0 Å². The van der Waals surface area contributed by atoms with Gasteiger partial charge < -0.3 is 14.0 Å². The molecule has 2 bridgehead atoms. The van der Waals surface area contributed by atoms with Gasteiger partial charge in [-0.1, -0.05) is 49.0 Å². The van der Waals surface area contributed by atoms with E-state index in [9.17, 15) is 18.4 Å². The highest BCUT2D eigenvalue weighted by atomic mass is 32.1. The molecule has 0 saturated carbocycles. The van der Waals surface area contributed by atoms with E-state index in [-0.39, 0.29) is 23.3 Å². The summed E-state index contributed by atoms with van der Waals surface area (Å²) in [6.07, 6.45) is 0.407. The van der Waals surface area contributed by atoms with Gasteiger partial charge in [-0.15, -0.1) is 0 Å². The van der Waals surface area contributed by atoms with Gasteiger partial charge in [-0.2, -0.15) is 0 Å². The summed E-state index contributed by atoms with van der Waals surface area (Å²) >= 11 is 4.29. The number of carbonyl (C=O) groups is 2. The first-order valence-electron chi connectivity index (χ1n) is 13.0. The smallest absolute Gasteiger partial charge is 0.415 e. The van der Waals surface area contributed by atoms with E-state index in [0.717, 1.165) is 31.5 Å². The molecule has 6 nitrogen and oxygen atoms in total. The van der Waals surface area contributed by atoms with Crippen molar-refractivity contribution in [3.8, 4) is 5.75 Å². The molecular formula is C30H31F2N2O4S+. The fraction of sp³-hybridized carbons (Fsp3) is 0.333. The number of hydrogen-bond donors (Lipinski definition) is 1. The summed E-state index contributed by atoms with van der Waals surface area (Å²) in [5, 5.41) is -0.269. The number of halogens is 2. The van der Waals surface area contributed by atoms with E-state index >= 15 is 0 Å². The zero-order valence-corrected chi connectivity index (χ0v) is 22.5. The van der Waals surface area contributed by atoms with Crippen molar-refractivity contribution in [1.82, 2.24) is 0 Å². The van der Waals surface area contributed by atoms with Crippen LogP contribution in [0.15, 0.2) is 72.8 Å². The van der Waals surface area contributed by atoms with Crippen molar-refractivity contribution in [3.05, 3.63) is 95.6 Å². The summed E-state index contributed by atoms with van der Waals surface area (Å²) in [6, 6.07) is 18.6. The molecule has 1 unspecified atom stereocenters. The number of fused-ring (bicyclic) bond motifs is 3. The molecule has 3 aliphatic heterocycles. The van der Waals surface area contributed by atoms with Crippen LogP contribution in [0.25, 0.3) is 0 Å². The first-order chi connectivity index (χ1) is 18.8. The van der Waals surface area contributed by atoms with E-state index in [1.54, 1.807) is 31.4 Å². The highest BCUT2D eigenvalue weighted by molar-refractivity contribution is 7.96. The van der Waals surface area contributed by atoms with Gasteiger partial charge in [0.05, 0.1) is 38.0 Å². The molecule has 204 valence electrons. The van der Waals surface area contributed by atoms with Crippen LogP contribution < -0.4 is 9.64 Å². The fourth-order valence-electron chi connectivity index (χ4n) is 6.10. The Bertz CT molecular complexity index is 1340. The second-order valence-corrected chi connectivity index (χ2v) is 10.7. The largest absolute Gasteiger partial charge is 0.496 e. The minimum atomic E-state index is -0.688. The molecule has 9 heteroatoms. The second kappa shape index (κ2) is 11.4. The highest BCUT2D eigenvalue weighted by Crippen LogP contribution is 2.45. The van der Waals surface area contributed by atoms with Gasteiger partial charge in [-0.05, 0) is 42.0 Å². The molecule has 39 heavy (non-hydrogen) atoms. The van der Waals surface area contributed by atoms with Gasteiger partial charge >= 0.3 is 6.09 Å². The quantitative estimate of drug-likeness (QED) is 0.278. The van der Waals surface area contributed by atoms with Crippen LogP contribution in [0.3, 0.4) is 0 Å². The average Bonchev–Trinajstić information content (AvgIpc) is 2.94. The maximum atomic E-state index is 14.8. The third-order valence-electron chi connectivity index (χ3n) is 8.04. The molecule has 0 N–H and O–H groups in total. The van der Waals surface area contributed by atoms with Gasteiger partial charge in [0, 0.05) is 18.8 Å². The predicted molar refractivity (Wildman–Crippen MR) is 147 cm³/mol. The van der Waals surface area contributed by atoms with Crippen LogP contribution in [-0.4, -0.2) is 48.5 Å². The van der Waals surface area contributed by atoms with Crippen LogP contribution in [0, 0.1) is 17.6 Å². The molecule has 0 spiro atoms. The lowest BCUT2D eigenvalue weighted by Gasteiger charge is -2.54. The number of hydrogen-bond acceptors (Lipinski definition) is 4. The Balaban J connectivity index is 1.42. The lowest BCUT2D eigenvalue weighted by atomic mass is 9.81. The Morgan fingerprint density at radius 2 is 1.67 bits per heavy atom. The number of anilines is 1. The van der Waals surface area contributed by atoms with E-state index in [0.29, 0.717) is 22.3 Å². The number of carbonyl (C=O) groups excluding carboxylic acids is 2. The average molecular weight is 554 g/mol. The molecule has 0 radical (unpaired) electrons. The van der Waals surface area contributed by atoms with E-state index in [1.165, 1.54) is 29.2 Å². The minimum absolute atomic E-state index is 0.0103. The number of ether oxygens (including phenoxy) is 2. The number of para-hydroxylation sites is 2. The minimum Gasteiger partial charge on any atom is -0.496 e. The number of piperidine rings is 3. The van der Waals surface area contributed by atoms with Crippen molar-refractivity contribution >= 4 is 29.5 Å². The summed E-state index contributed by atoms with van der Waals surface area (Å²) in [5.74, 6) is -0.214. The van der Waals surface area contributed by atoms with Crippen LogP contribution in [0.5, 0.6) is 5.75 Å². The van der Waals surface area contributed by atoms with Gasteiger partial charge in [0.1, 0.15) is 23.9 Å². The Kier molecular flexibility index (Phi) is 7.91. The van der Waals surface area contributed by atoms with Gasteiger partial charge in [-0.25, -0.2) is 13.6 Å². The standard InChI is InChI=1S/C30H30F2N2O4S/c1-37-26-9-5-2-6-23(26)28(29(35)39)34-16-14-21(15-17-34)27(19-34)38-30(36)33(25-8-4-3-7-24(25)32)18-20-10-12-22(31)13-11-20/h2-13,21,27-28H,14-19H2,1H3/p+1/t21?,27-,28?,34?/m0/s1. The molecule has 3 heterocycles. The molecule has 0 aromatic heterocycles. The van der Waals surface area contributed by atoms with Crippen molar-refractivity contribution < 1.29 is 32.3 Å². The Morgan fingerprint density at radius 1 is 1.00 bits per heavy atom. The molecule has 3 aromatic carbocycles. The second-order valence-electron chi connectivity index (χ2n) is 10.3. The van der Waals surface area contributed by atoms with Crippen LogP contribution in [0.2, 0.25) is 0 Å². The van der Waals surface area contributed by atoms with Crippen LogP contribution in [0.4, 0.5) is 19.3 Å². The number of nitrogens with zero attached hydrogens (tertiary/aromatic N) is 2. The lowest BCUT2D eigenvalue weighted by Crippen LogP contribution is -2.66. The third kappa shape index (κ3) is 5.51. The topological polar surface area (TPSA) is 55.8 Å². The molecule has 6 rings (SSSR count). The number of benzene rings is 3. The summed E-state index contributed by atoms with van der Waals surface area (Å²) in [4.78, 5) is 27.9. The fourth-order valence-corrected chi connectivity index (χ4v) is 6.48. The number of thiol groups is 1. The number of amides is 1. The third-order valence-corrected chi connectivity index (χ3v) is 8.29. The highest BCUT2D eigenvalue weighted by Gasteiger charge is 2.54. The zero-order chi connectivity index (χ0) is 27.6. The van der Waals surface area contributed by atoms with Gasteiger partial charge in [0.25, 0.3) is 0 Å². The van der Waals surface area contributed by atoms with E-state index < -0.39 is 29.9 Å². The summed E-state index contributed by atoms with van der Waals surface area (Å²) in [6.45, 7) is 1.95. The first kappa shape index (κ1) is 27.1. The van der Waals surface area contributed by atoms with Crippen molar-refractivity contribution in [2.45, 2.75) is 31.5 Å². The Hall–Kier alpha value is -3.43. The molecule has 1 amide bonds. The monoisotopic (exact) mass is 553 g/mol. The Labute approximate surface area is 232 Å². The van der Waals surface area contributed by atoms with Crippen LogP contribution >= 0.6 is 12.6 Å². The molecular weight excluding hydrogens is 522 g/mol. The molecule has 3 saturated heterocycles. The first-order valence-corrected chi connectivity index (χ1v) is 13.4. The van der Waals surface area contributed by atoms with Gasteiger partial charge in [0.2, 0.25) is 5.12 Å². The molecule has 3 fully saturated rings. The summed E-state index contributed by atoms with van der Waals surface area (Å²) in [5.41, 5.74) is 1.47. The molecule has 3 aliphatic rings. The molecule has 0 aliphatic carbocycles. The van der Waals surface area contributed by atoms with E-state index in [4.69, 9.17) is 9.47 Å². The van der Waals surface area contributed by atoms with Crippen LogP contribution in [0.1, 0.15) is 30.0 Å². The van der Waals surface area contributed by atoms with Crippen molar-refractivity contribution in [1.29, 1.82) is 0 Å². The van der Waals surface area contributed by atoms with E-state index in [2.05, 4.69) is 12.6 Å². The van der Waals surface area contributed by atoms with Crippen molar-refractivity contribution in [2.24, 2.45) is 5.92 Å². The normalized spacial score (nSPS) is 22.7. The van der Waals surface area contributed by atoms with Crippen LogP contribution in [-0.2, 0) is 16.1 Å². The summed E-state index contributed by atoms with van der Waals surface area (Å²) < 4.78 is 40.4. The van der Waals surface area contributed by atoms with Crippen molar-refractivity contribution in [2.75, 3.05) is 31.6 Å². The molecule has 3 aromatic rings. The number of rotatable bonds is 8. The number of quaternary nitrogens is 1. The van der Waals surface area contributed by atoms with Gasteiger partial charge in [0.15, 0.2) is 12.1 Å². The zero-order valence-electron chi connectivity index (χ0n) is 21.6. The molecule has 2 atom stereocenters. The number of methoxy groups -OCH3 is 1. The van der Waals surface area contributed by atoms with Gasteiger partial charge in [-0.3, -0.25) is 9.69 Å². The predicted octanol–water partition coefficient (Wildman–Crippen LogP) is 5.92. The Morgan fingerprint density at radius 3 is 2.33 bits per heavy atom. The maximum absolute atomic E-state index is 14.8. The SMILES string of the molecule is COc1ccccc1C(C(=O)S)[N+]12CCC(CC1)[C@@H](OC(=O)N(Cc1ccc(F)cc1)c1ccccc1F)C2. The van der Waals surface area contributed by atoms with E-state index in [1.807, 2.05) is 24.3 Å².